The normalized spacial score (nSPS) is 23.5. The van der Waals surface area contributed by atoms with E-state index in [1.165, 1.54) is 6.33 Å². The van der Waals surface area contributed by atoms with E-state index in [-0.39, 0.29) is 37.7 Å². The molecule has 11 nitrogen and oxygen atoms in total. The van der Waals surface area contributed by atoms with E-state index in [0.717, 1.165) is 16.9 Å². The number of aliphatic hydroxyl groups excluding tert-OH is 1. The molecule has 3 aromatic heterocycles. The van der Waals surface area contributed by atoms with Gasteiger partial charge in [-0.25, -0.2) is 19.9 Å². The molecule has 1 fully saturated rings. The Morgan fingerprint density at radius 2 is 2.03 bits per heavy atom. The summed E-state index contributed by atoms with van der Waals surface area (Å²) in [6.07, 6.45) is 2.37. The second-order valence-electron chi connectivity index (χ2n) is 9.16. The summed E-state index contributed by atoms with van der Waals surface area (Å²) in [5.41, 5.74) is 7.40. The van der Waals surface area contributed by atoms with E-state index in [1.54, 1.807) is 22.7 Å². The van der Waals surface area contributed by atoms with E-state index in [0.29, 0.717) is 17.7 Å². The molecule has 1 amide bonds. The van der Waals surface area contributed by atoms with Gasteiger partial charge >= 0.3 is 0 Å². The molecule has 0 bridgehead atoms. The standard InChI is InChI=1S/C23H28N8O3/c1-14-28-16-5-3-4-6-17(16)30(14)8-7-19(33)29-10-15(32)9-23(2,34)18(11-29)31-13-27-20-21(24)25-12-26-22(20)31/h3-6,12-13,15,18,32,34H,7-11H2,1-2H3,(H2,24,25,26)/t15-,18+,23+/m0/s1. The maximum Gasteiger partial charge on any atom is 0.224 e. The second-order valence-corrected chi connectivity index (χ2v) is 9.16. The van der Waals surface area contributed by atoms with Crippen LogP contribution in [-0.4, -0.2) is 74.9 Å². The molecular weight excluding hydrogens is 436 g/mol. The zero-order valence-corrected chi connectivity index (χ0v) is 19.2. The first-order valence-corrected chi connectivity index (χ1v) is 11.3. The van der Waals surface area contributed by atoms with Crippen molar-refractivity contribution >= 4 is 33.9 Å². The fraction of sp³-hybridized carbons (Fsp3) is 0.435. The monoisotopic (exact) mass is 464 g/mol. The Balaban J connectivity index is 1.41. The molecule has 0 unspecified atom stereocenters. The number of hydrogen-bond acceptors (Lipinski definition) is 8. The number of benzene rings is 1. The number of nitrogens with two attached hydrogens (primary N) is 1. The first-order chi connectivity index (χ1) is 16.2. The van der Waals surface area contributed by atoms with Crippen LogP contribution in [0.4, 0.5) is 5.82 Å². The molecule has 1 aliphatic heterocycles. The average Bonchev–Trinajstić information content (AvgIpc) is 3.32. The predicted molar refractivity (Wildman–Crippen MR) is 126 cm³/mol. The van der Waals surface area contributed by atoms with E-state index < -0.39 is 17.7 Å². The number of rotatable bonds is 4. The summed E-state index contributed by atoms with van der Waals surface area (Å²) in [4.78, 5) is 32.1. The Kier molecular flexibility index (Phi) is 5.45. The van der Waals surface area contributed by atoms with Gasteiger partial charge in [0.05, 0.1) is 35.1 Å². The van der Waals surface area contributed by atoms with Crippen molar-refractivity contribution in [1.82, 2.24) is 34.0 Å². The topological polar surface area (TPSA) is 148 Å². The van der Waals surface area contributed by atoms with Crippen molar-refractivity contribution in [1.29, 1.82) is 0 Å². The van der Waals surface area contributed by atoms with E-state index in [9.17, 15) is 15.0 Å². The second kappa shape index (κ2) is 8.33. The van der Waals surface area contributed by atoms with Crippen LogP contribution in [-0.2, 0) is 11.3 Å². The van der Waals surface area contributed by atoms with Crippen LogP contribution < -0.4 is 5.73 Å². The molecule has 4 aromatic rings. The minimum Gasteiger partial charge on any atom is -0.391 e. The first-order valence-electron chi connectivity index (χ1n) is 11.3. The molecule has 0 aliphatic carbocycles. The van der Waals surface area contributed by atoms with Crippen LogP contribution in [0.15, 0.2) is 36.9 Å². The highest BCUT2D eigenvalue weighted by Crippen LogP contribution is 2.34. The molecule has 0 spiro atoms. The number of nitrogens with zero attached hydrogens (tertiary/aromatic N) is 7. The maximum absolute atomic E-state index is 13.3. The number of hydrogen-bond donors (Lipinski definition) is 3. The highest BCUT2D eigenvalue weighted by Gasteiger charge is 2.42. The number of amides is 1. The van der Waals surface area contributed by atoms with Crippen molar-refractivity contribution < 1.29 is 15.0 Å². The Morgan fingerprint density at radius 3 is 2.85 bits per heavy atom. The van der Waals surface area contributed by atoms with Gasteiger partial charge in [0.1, 0.15) is 17.7 Å². The molecule has 5 rings (SSSR count). The number of carbonyl (C=O) groups excluding carboxylic acids is 1. The third kappa shape index (κ3) is 3.86. The van der Waals surface area contributed by atoms with Crippen LogP contribution in [0.3, 0.4) is 0 Å². The van der Waals surface area contributed by atoms with Crippen molar-refractivity contribution in [3.05, 3.63) is 42.7 Å². The number of aromatic nitrogens is 6. The number of aliphatic hydroxyl groups is 2. The summed E-state index contributed by atoms with van der Waals surface area (Å²) in [6.45, 7) is 4.38. The summed E-state index contributed by atoms with van der Waals surface area (Å²) in [7, 11) is 0. The zero-order chi connectivity index (χ0) is 24.0. The van der Waals surface area contributed by atoms with Gasteiger partial charge in [-0.3, -0.25) is 4.79 Å². The summed E-state index contributed by atoms with van der Waals surface area (Å²) in [5.74, 6) is 0.971. The van der Waals surface area contributed by atoms with E-state index >= 15 is 0 Å². The third-order valence-electron chi connectivity index (χ3n) is 6.66. The summed E-state index contributed by atoms with van der Waals surface area (Å²) >= 11 is 0. The van der Waals surface area contributed by atoms with E-state index in [4.69, 9.17) is 5.73 Å². The number of β-amino-alcohol motifs (C(OH)–C–C–N with tert-alkyl or cyclic N) is 1. The fourth-order valence-corrected chi connectivity index (χ4v) is 4.95. The predicted octanol–water partition coefficient (Wildman–Crippen LogP) is 1.04. The Bertz CT molecular complexity index is 1360. The van der Waals surface area contributed by atoms with Gasteiger partial charge < -0.3 is 30.0 Å². The third-order valence-corrected chi connectivity index (χ3v) is 6.66. The lowest BCUT2D eigenvalue weighted by Gasteiger charge is -2.34. The number of para-hydroxylation sites is 2. The van der Waals surface area contributed by atoms with Crippen LogP contribution in [0.1, 0.15) is 31.6 Å². The van der Waals surface area contributed by atoms with Crippen LogP contribution in [0.5, 0.6) is 0 Å². The lowest BCUT2D eigenvalue weighted by Crippen LogP contribution is -2.42. The highest BCUT2D eigenvalue weighted by molar-refractivity contribution is 5.81. The minimum atomic E-state index is -1.31. The van der Waals surface area contributed by atoms with Gasteiger partial charge in [0.25, 0.3) is 0 Å². The van der Waals surface area contributed by atoms with Crippen molar-refractivity contribution in [2.45, 2.75) is 51.0 Å². The van der Waals surface area contributed by atoms with Gasteiger partial charge in [-0.2, -0.15) is 0 Å². The Morgan fingerprint density at radius 1 is 1.24 bits per heavy atom. The molecule has 4 heterocycles. The molecule has 4 N–H and O–H groups in total. The van der Waals surface area contributed by atoms with Crippen LogP contribution in [0, 0.1) is 6.92 Å². The lowest BCUT2D eigenvalue weighted by atomic mass is 9.91. The molecular formula is C23H28N8O3. The Hall–Kier alpha value is -3.57. The van der Waals surface area contributed by atoms with Gasteiger partial charge in [-0.1, -0.05) is 12.1 Å². The summed E-state index contributed by atoms with van der Waals surface area (Å²) in [5, 5.41) is 21.9. The molecule has 0 radical (unpaired) electrons. The largest absolute Gasteiger partial charge is 0.391 e. The first kappa shape index (κ1) is 22.2. The molecule has 3 atom stereocenters. The number of aryl methyl sites for hydroxylation is 2. The van der Waals surface area contributed by atoms with Gasteiger partial charge in [-0.05, 0) is 26.0 Å². The van der Waals surface area contributed by atoms with Crippen LogP contribution in [0.2, 0.25) is 0 Å². The number of carbonyl (C=O) groups is 1. The molecule has 11 heteroatoms. The van der Waals surface area contributed by atoms with Crippen molar-refractivity contribution in [3.8, 4) is 0 Å². The molecule has 34 heavy (non-hydrogen) atoms. The number of fused-ring (bicyclic) bond motifs is 2. The molecule has 1 aromatic carbocycles. The summed E-state index contributed by atoms with van der Waals surface area (Å²) in [6, 6.07) is 7.24. The number of likely N-dealkylation sites (tertiary alicyclic amines) is 1. The van der Waals surface area contributed by atoms with Gasteiger partial charge in [-0.15, -0.1) is 0 Å². The number of anilines is 1. The fourth-order valence-electron chi connectivity index (χ4n) is 4.95. The molecule has 178 valence electrons. The number of nitrogen functional groups attached to an aromatic ring is 1. The SMILES string of the molecule is Cc1nc2ccccc2n1CCC(=O)N1C[C@@H](O)C[C@@](C)(O)[C@H](n2cnc3c(N)ncnc32)C1. The van der Waals surface area contributed by atoms with Crippen molar-refractivity contribution in [3.63, 3.8) is 0 Å². The van der Waals surface area contributed by atoms with E-state index in [2.05, 4.69) is 19.9 Å². The molecule has 1 saturated heterocycles. The maximum atomic E-state index is 13.3. The average molecular weight is 465 g/mol. The zero-order valence-electron chi connectivity index (χ0n) is 19.2. The highest BCUT2D eigenvalue weighted by atomic mass is 16.3. The van der Waals surface area contributed by atoms with E-state index in [1.807, 2.05) is 35.8 Å². The molecule has 1 aliphatic rings. The summed E-state index contributed by atoms with van der Waals surface area (Å²) < 4.78 is 3.75. The minimum absolute atomic E-state index is 0.104. The van der Waals surface area contributed by atoms with Crippen molar-refractivity contribution in [2.75, 3.05) is 18.8 Å². The quantitative estimate of drug-likeness (QED) is 0.406. The number of imidazole rings is 2. The lowest BCUT2D eigenvalue weighted by molar-refractivity contribution is -0.133. The Labute approximate surface area is 195 Å². The molecule has 0 saturated carbocycles. The van der Waals surface area contributed by atoms with Gasteiger partial charge in [0.15, 0.2) is 11.5 Å². The van der Waals surface area contributed by atoms with Gasteiger partial charge in [0.2, 0.25) is 5.91 Å². The van der Waals surface area contributed by atoms with Crippen LogP contribution in [0.25, 0.3) is 22.2 Å². The van der Waals surface area contributed by atoms with Gasteiger partial charge in [0, 0.05) is 32.5 Å². The van der Waals surface area contributed by atoms with Crippen LogP contribution >= 0.6 is 0 Å². The van der Waals surface area contributed by atoms with Crippen molar-refractivity contribution in [2.24, 2.45) is 0 Å². The smallest absolute Gasteiger partial charge is 0.224 e.